The smallest absolute Gasteiger partial charge is 0.233 e. The van der Waals surface area contributed by atoms with Gasteiger partial charge in [-0.1, -0.05) is 6.58 Å². The molecule has 0 unspecified atom stereocenters. The molecule has 0 radical (unpaired) electrons. The topological polar surface area (TPSA) is 88.7 Å². The Balaban J connectivity index is 2.06. The summed E-state index contributed by atoms with van der Waals surface area (Å²) in [6, 6.07) is 9.85. The first-order valence-electron chi connectivity index (χ1n) is 10.3. The standard InChI is InChI=1S/C24H30FN3O4/c1-15(2)26-22(29)14-23(30)28-19-8-6-18(7-9-19)27-17(4)24-16(3)12-20(13-21(24)25)32-11-10-31-5/h6-9,12-13,15,27H,3,10-11,14H2,1-2,4-5H3,(H,26,29)(H,28,30)/b24-17-. The normalized spacial score (nSPS) is 11.7. The van der Waals surface area contributed by atoms with E-state index in [-0.39, 0.29) is 18.4 Å². The van der Waals surface area contributed by atoms with Gasteiger partial charge in [0.1, 0.15) is 24.6 Å². The van der Waals surface area contributed by atoms with Crippen LogP contribution >= 0.6 is 0 Å². The molecule has 2 aromatic rings. The number of rotatable bonds is 10. The number of nitrogens with one attached hydrogen (secondary N) is 3. The van der Waals surface area contributed by atoms with Gasteiger partial charge in [-0.3, -0.25) is 9.59 Å². The van der Waals surface area contributed by atoms with Gasteiger partial charge in [-0.2, -0.15) is 0 Å². The van der Waals surface area contributed by atoms with E-state index in [2.05, 4.69) is 22.5 Å². The van der Waals surface area contributed by atoms with Crippen molar-refractivity contribution in [2.75, 3.05) is 31.0 Å². The summed E-state index contributed by atoms with van der Waals surface area (Å²) in [5.74, 6) is -0.785. The average Bonchev–Trinajstić information content (AvgIpc) is 2.68. The molecule has 172 valence electrons. The number of amides is 2. The summed E-state index contributed by atoms with van der Waals surface area (Å²) in [4.78, 5) is 23.7. The highest BCUT2D eigenvalue weighted by molar-refractivity contribution is 6.03. The molecule has 7 nitrogen and oxygen atoms in total. The van der Waals surface area contributed by atoms with Crippen molar-refractivity contribution in [1.29, 1.82) is 0 Å². The van der Waals surface area contributed by atoms with Crippen molar-refractivity contribution in [2.24, 2.45) is 0 Å². The number of hydrogen-bond donors (Lipinski definition) is 3. The Morgan fingerprint density at radius 3 is 2.22 bits per heavy atom. The fourth-order valence-corrected chi connectivity index (χ4v) is 3.02. The molecule has 0 fully saturated rings. The largest absolute Gasteiger partial charge is 0.491 e. The molecule has 0 spiro atoms. The molecule has 2 amide bonds. The van der Waals surface area contributed by atoms with Gasteiger partial charge in [-0.05, 0) is 56.3 Å². The van der Waals surface area contributed by atoms with Crippen molar-refractivity contribution < 1.29 is 23.5 Å². The maximum atomic E-state index is 14.7. The number of ether oxygens (including phenoxy) is 2. The van der Waals surface area contributed by atoms with Crippen LogP contribution in [0, 0.1) is 5.82 Å². The van der Waals surface area contributed by atoms with Crippen LogP contribution in [0.15, 0.2) is 36.4 Å². The second-order valence-corrected chi connectivity index (χ2v) is 7.55. The summed E-state index contributed by atoms with van der Waals surface area (Å²) in [6.45, 7) is 10.1. The molecule has 8 heteroatoms. The monoisotopic (exact) mass is 443 g/mol. The Morgan fingerprint density at radius 1 is 1.03 bits per heavy atom. The number of halogens is 1. The summed E-state index contributed by atoms with van der Waals surface area (Å²) in [6.07, 6.45) is -0.248. The van der Waals surface area contributed by atoms with E-state index in [1.165, 1.54) is 6.07 Å². The number of benzene rings is 2. The molecule has 2 aromatic carbocycles. The molecule has 0 aliphatic heterocycles. The molecule has 0 bridgehead atoms. The van der Waals surface area contributed by atoms with E-state index in [9.17, 15) is 14.0 Å². The summed E-state index contributed by atoms with van der Waals surface area (Å²) < 4.78 is 25.0. The van der Waals surface area contributed by atoms with E-state index < -0.39 is 11.7 Å². The van der Waals surface area contributed by atoms with Crippen LogP contribution in [0.25, 0.3) is 12.3 Å². The van der Waals surface area contributed by atoms with Gasteiger partial charge in [-0.25, -0.2) is 4.39 Å². The van der Waals surface area contributed by atoms with Gasteiger partial charge in [0.25, 0.3) is 0 Å². The number of carbonyl (C=O) groups is 2. The molecular weight excluding hydrogens is 413 g/mol. The zero-order valence-corrected chi connectivity index (χ0v) is 18.9. The molecule has 2 rings (SSSR count). The fourth-order valence-electron chi connectivity index (χ4n) is 3.02. The van der Waals surface area contributed by atoms with E-state index in [0.717, 1.165) is 0 Å². The fraction of sp³-hybridized carbons (Fsp3) is 0.333. The lowest BCUT2D eigenvalue weighted by molar-refractivity contribution is -0.127. The van der Waals surface area contributed by atoms with Crippen LogP contribution in [0.2, 0.25) is 0 Å². The van der Waals surface area contributed by atoms with Gasteiger partial charge in [0, 0.05) is 41.5 Å². The maximum absolute atomic E-state index is 14.7. The molecule has 32 heavy (non-hydrogen) atoms. The number of anilines is 2. The third kappa shape index (κ3) is 7.70. The minimum Gasteiger partial charge on any atom is -0.491 e. The Labute approximate surface area is 187 Å². The Kier molecular flexibility index (Phi) is 9.22. The van der Waals surface area contributed by atoms with E-state index in [4.69, 9.17) is 9.47 Å². The highest BCUT2D eigenvalue weighted by atomic mass is 19.1. The molecule has 3 N–H and O–H groups in total. The molecule has 0 atom stereocenters. The Morgan fingerprint density at radius 2 is 1.66 bits per heavy atom. The molecule has 0 saturated heterocycles. The summed E-state index contributed by atoms with van der Waals surface area (Å²) in [5, 5.41) is 9.34. The molecule has 0 aliphatic carbocycles. The predicted octanol–water partition coefficient (Wildman–Crippen LogP) is 2.35. The Bertz CT molecular complexity index is 1050. The van der Waals surface area contributed by atoms with Crippen molar-refractivity contribution in [1.82, 2.24) is 5.32 Å². The first-order chi connectivity index (χ1) is 15.2. The van der Waals surface area contributed by atoms with Gasteiger partial charge in [0.05, 0.1) is 6.61 Å². The zero-order valence-electron chi connectivity index (χ0n) is 18.9. The van der Waals surface area contributed by atoms with Gasteiger partial charge < -0.3 is 25.4 Å². The van der Waals surface area contributed by atoms with Crippen LogP contribution < -0.4 is 31.1 Å². The quantitative estimate of drug-likeness (QED) is 0.388. The molecule has 0 aliphatic rings. The second-order valence-electron chi connectivity index (χ2n) is 7.55. The molecule has 0 heterocycles. The van der Waals surface area contributed by atoms with Crippen molar-refractivity contribution in [3.63, 3.8) is 0 Å². The van der Waals surface area contributed by atoms with Crippen LogP contribution in [0.3, 0.4) is 0 Å². The van der Waals surface area contributed by atoms with Crippen LogP contribution in [-0.4, -0.2) is 38.2 Å². The first-order valence-corrected chi connectivity index (χ1v) is 10.3. The first kappa shape index (κ1) is 24.9. The molecular formula is C24H30FN3O4. The number of carbonyl (C=O) groups excluding carboxylic acids is 2. The minimum atomic E-state index is -0.446. The zero-order chi connectivity index (χ0) is 23.7. The molecule has 0 aromatic heterocycles. The molecule has 0 saturated carbocycles. The number of hydrogen-bond acceptors (Lipinski definition) is 5. The van der Waals surface area contributed by atoms with Gasteiger partial charge in [0.2, 0.25) is 11.8 Å². The number of methoxy groups -OCH3 is 1. The van der Waals surface area contributed by atoms with Crippen LogP contribution in [0.1, 0.15) is 27.2 Å². The van der Waals surface area contributed by atoms with Gasteiger partial charge in [-0.15, -0.1) is 0 Å². The minimum absolute atomic E-state index is 0.0248. The summed E-state index contributed by atoms with van der Waals surface area (Å²) in [7, 11) is 1.57. The lowest BCUT2D eigenvalue weighted by atomic mass is 10.2. The van der Waals surface area contributed by atoms with Gasteiger partial charge in [0.15, 0.2) is 0 Å². The van der Waals surface area contributed by atoms with E-state index in [0.29, 0.717) is 46.5 Å². The van der Waals surface area contributed by atoms with E-state index in [1.807, 2.05) is 13.8 Å². The summed E-state index contributed by atoms with van der Waals surface area (Å²) >= 11 is 0. The third-order valence-electron chi connectivity index (χ3n) is 4.35. The van der Waals surface area contributed by atoms with Crippen molar-refractivity contribution in [2.45, 2.75) is 33.2 Å². The maximum Gasteiger partial charge on any atom is 0.233 e. The highest BCUT2D eigenvalue weighted by Crippen LogP contribution is 2.16. The lowest BCUT2D eigenvalue weighted by Crippen LogP contribution is -2.33. The van der Waals surface area contributed by atoms with Gasteiger partial charge >= 0.3 is 0 Å². The summed E-state index contributed by atoms with van der Waals surface area (Å²) in [5.41, 5.74) is 1.84. The predicted molar refractivity (Wildman–Crippen MR) is 124 cm³/mol. The van der Waals surface area contributed by atoms with Crippen molar-refractivity contribution in [3.05, 3.63) is 52.7 Å². The second kappa shape index (κ2) is 11.9. The highest BCUT2D eigenvalue weighted by Gasteiger charge is 2.10. The Hall–Kier alpha value is -3.39. The SMILES string of the molecule is C=c1cc(OCCOC)cc(F)/c1=C(/C)Nc1ccc(NC(=O)CC(=O)NC(C)C)cc1. The van der Waals surface area contributed by atoms with Crippen molar-refractivity contribution >= 4 is 35.5 Å². The third-order valence-corrected chi connectivity index (χ3v) is 4.35. The average molecular weight is 444 g/mol. The lowest BCUT2D eigenvalue weighted by Gasteiger charge is -2.11. The van der Waals surface area contributed by atoms with E-state index in [1.54, 1.807) is 44.4 Å². The van der Waals surface area contributed by atoms with Crippen LogP contribution in [0.5, 0.6) is 5.75 Å². The van der Waals surface area contributed by atoms with Crippen LogP contribution in [-0.2, 0) is 14.3 Å². The van der Waals surface area contributed by atoms with Crippen LogP contribution in [0.4, 0.5) is 15.8 Å². The van der Waals surface area contributed by atoms with E-state index >= 15 is 0 Å². The van der Waals surface area contributed by atoms with Crippen molar-refractivity contribution in [3.8, 4) is 5.75 Å².